The summed E-state index contributed by atoms with van der Waals surface area (Å²) in [6, 6.07) is 6.77. The lowest BCUT2D eigenvalue weighted by Gasteiger charge is -2.07. The third-order valence-corrected chi connectivity index (χ3v) is 2.79. The Bertz CT molecular complexity index is 446. The van der Waals surface area contributed by atoms with Gasteiger partial charge in [0, 0.05) is 25.2 Å². The lowest BCUT2D eigenvalue weighted by Crippen LogP contribution is -2.22. The number of amides is 2. The maximum Gasteiger partial charge on any atom is 0.412 e. The van der Waals surface area contributed by atoms with Crippen molar-refractivity contribution in [3.8, 4) is 5.75 Å². The summed E-state index contributed by atoms with van der Waals surface area (Å²) < 4.78 is 5.00. The molecule has 0 aliphatic carbocycles. The van der Waals surface area contributed by atoms with Crippen molar-refractivity contribution in [2.24, 2.45) is 0 Å². The van der Waals surface area contributed by atoms with Gasteiger partial charge in [0.2, 0.25) is 5.91 Å². The van der Waals surface area contributed by atoms with Crippen molar-refractivity contribution in [2.75, 3.05) is 12.4 Å². The van der Waals surface area contributed by atoms with E-state index in [1.165, 1.54) is 7.05 Å². The molecule has 0 aliphatic heterocycles. The summed E-state index contributed by atoms with van der Waals surface area (Å²) in [5.74, 6) is 0.381. The molecule has 5 heteroatoms. The van der Waals surface area contributed by atoms with E-state index in [9.17, 15) is 9.59 Å². The zero-order valence-electron chi connectivity index (χ0n) is 12.1. The third-order valence-electron chi connectivity index (χ3n) is 2.79. The van der Waals surface area contributed by atoms with Crippen LogP contribution in [0, 0.1) is 0 Å². The Morgan fingerprint density at radius 2 is 2.00 bits per heavy atom. The number of nitrogens with one attached hydrogen (secondary N) is 2. The fraction of sp³-hybridized carbons (Fsp3) is 0.467. The van der Waals surface area contributed by atoms with Crippen LogP contribution in [0.4, 0.5) is 10.5 Å². The first-order valence-corrected chi connectivity index (χ1v) is 6.95. The van der Waals surface area contributed by atoms with Gasteiger partial charge >= 0.3 is 6.09 Å². The van der Waals surface area contributed by atoms with Crippen molar-refractivity contribution in [3.05, 3.63) is 24.3 Å². The SMILES string of the molecule is CCCCCCC(=O)Nc1cccc(OC(=O)NC)c1. The van der Waals surface area contributed by atoms with Gasteiger partial charge in [0.05, 0.1) is 0 Å². The molecule has 2 amide bonds. The summed E-state index contributed by atoms with van der Waals surface area (Å²) in [5.41, 5.74) is 0.631. The normalized spacial score (nSPS) is 9.90. The number of hydrogen-bond acceptors (Lipinski definition) is 3. The molecule has 2 N–H and O–H groups in total. The second-order valence-corrected chi connectivity index (χ2v) is 4.53. The molecular weight excluding hydrogens is 256 g/mol. The van der Waals surface area contributed by atoms with E-state index in [0.29, 0.717) is 17.9 Å². The molecule has 0 unspecified atom stereocenters. The van der Waals surface area contributed by atoms with E-state index in [1.54, 1.807) is 24.3 Å². The Labute approximate surface area is 119 Å². The topological polar surface area (TPSA) is 67.4 Å². The van der Waals surface area contributed by atoms with Gasteiger partial charge < -0.3 is 15.4 Å². The van der Waals surface area contributed by atoms with Gasteiger partial charge in [-0.2, -0.15) is 0 Å². The summed E-state index contributed by atoms with van der Waals surface area (Å²) in [6.07, 6.45) is 4.26. The van der Waals surface area contributed by atoms with Crippen LogP contribution in [0.15, 0.2) is 24.3 Å². The van der Waals surface area contributed by atoms with Crippen LogP contribution in [0.5, 0.6) is 5.75 Å². The first-order valence-electron chi connectivity index (χ1n) is 6.95. The highest BCUT2D eigenvalue weighted by Crippen LogP contribution is 2.18. The Balaban J connectivity index is 2.45. The van der Waals surface area contributed by atoms with Crippen molar-refractivity contribution in [2.45, 2.75) is 39.0 Å². The zero-order valence-corrected chi connectivity index (χ0v) is 12.1. The van der Waals surface area contributed by atoms with Crippen LogP contribution in [-0.4, -0.2) is 19.0 Å². The molecule has 20 heavy (non-hydrogen) atoms. The highest BCUT2D eigenvalue weighted by molar-refractivity contribution is 5.90. The van der Waals surface area contributed by atoms with Gasteiger partial charge in [-0.25, -0.2) is 4.79 Å². The molecule has 0 aliphatic rings. The third kappa shape index (κ3) is 6.22. The highest BCUT2D eigenvalue weighted by Gasteiger charge is 2.05. The van der Waals surface area contributed by atoms with E-state index >= 15 is 0 Å². The van der Waals surface area contributed by atoms with Crippen LogP contribution in [0.25, 0.3) is 0 Å². The Kier molecular flexibility index (Phi) is 7.17. The number of hydrogen-bond donors (Lipinski definition) is 2. The van der Waals surface area contributed by atoms with E-state index in [4.69, 9.17) is 4.74 Å². The standard InChI is InChI=1S/C15H22N2O3/c1-3-4-5-6-10-14(18)17-12-8-7-9-13(11-12)20-15(19)16-2/h7-9,11H,3-6,10H2,1-2H3,(H,16,19)(H,17,18). The zero-order chi connectivity index (χ0) is 14.8. The average molecular weight is 278 g/mol. The molecule has 0 saturated heterocycles. The number of benzene rings is 1. The summed E-state index contributed by atoms with van der Waals surface area (Å²) in [5, 5.41) is 5.16. The van der Waals surface area contributed by atoms with Gasteiger partial charge in [0.15, 0.2) is 0 Å². The quantitative estimate of drug-likeness (QED) is 0.752. The maximum atomic E-state index is 11.7. The van der Waals surface area contributed by atoms with E-state index in [1.807, 2.05) is 0 Å². The molecule has 1 aromatic rings. The molecule has 110 valence electrons. The van der Waals surface area contributed by atoms with Crippen LogP contribution in [0.2, 0.25) is 0 Å². The monoisotopic (exact) mass is 278 g/mol. The van der Waals surface area contributed by atoms with Crippen molar-refractivity contribution in [3.63, 3.8) is 0 Å². The minimum atomic E-state index is -0.534. The first-order chi connectivity index (χ1) is 9.65. The second-order valence-electron chi connectivity index (χ2n) is 4.53. The van der Waals surface area contributed by atoms with Gasteiger partial charge in [-0.3, -0.25) is 4.79 Å². The molecule has 0 saturated carbocycles. The van der Waals surface area contributed by atoms with Crippen molar-refractivity contribution >= 4 is 17.7 Å². The van der Waals surface area contributed by atoms with Crippen molar-refractivity contribution in [1.82, 2.24) is 5.32 Å². The molecule has 0 fully saturated rings. The number of carbonyl (C=O) groups is 2. The molecule has 0 bridgehead atoms. The lowest BCUT2D eigenvalue weighted by molar-refractivity contribution is -0.116. The Morgan fingerprint density at radius 3 is 2.70 bits per heavy atom. The summed E-state index contributed by atoms with van der Waals surface area (Å²) in [6.45, 7) is 2.14. The molecular formula is C15H22N2O3. The molecule has 0 radical (unpaired) electrons. The fourth-order valence-corrected chi connectivity index (χ4v) is 1.73. The molecule has 0 aromatic heterocycles. The van der Waals surface area contributed by atoms with Crippen LogP contribution >= 0.6 is 0 Å². The first kappa shape index (κ1) is 16.0. The van der Waals surface area contributed by atoms with Gasteiger partial charge in [-0.05, 0) is 18.6 Å². The van der Waals surface area contributed by atoms with Crippen LogP contribution < -0.4 is 15.4 Å². The number of rotatable bonds is 7. The fourth-order valence-electron chi connectivity index (χ4n) is 1.73. The Hall–Kier alpha value is -2.04. The van der Waals surface area contributed by atoms with E-state index in [-0.39, 0.29) is 5.91 Å². The van der Waals surface area contributed by atoms with E-state index < -0.39 is 6.09 Å². The molecule has 0 spiro atoms. The number of unbranched alkanes of at least 4 members (excludes halogenated alkanes) is 3. The molecule has 1 rings (SSSR count). The minimum absolute atomic E-state index is 0.0156. The van der Waals surface area contributed by atoms with Gasteiger partial charge in [0.1, 0.15) is 5.75 Å². The van der Waals surface area contributed by atoms with Crippen LogP contribution in [-0.2, 0) is 4.79 Å². The Morgan fingerprint density at radius 1 is 1.20 bits per heavy atom. The number of ether oxygens (including phenoxy) is 1. The highest BCUT2D eigenvalue weighted by atomic mass is 16.5. The summed E-state index contributed by atoms with van der Waals surface area (Å²) in [7, 11) is 1.49. The van der Waals surface area contributed by atoms with Crippen molar-refractivity contribution < 1.29 is 14.3 Å². The van der Waals surface area contributed by atoms with Gasteiger partial charge in [-0.1, -0.05) is 32.3 Å². The predicted octanol–water partition coefficient (Wildman–Crippen LogP) is 3.31. The van der Waals surface area contributed by atoms with Crippen LogP contribution in [0.1, 0.15) is 39.0 Å². The van der Waals surface area contributed by atoms with E-state index in [0.717, 1.165) is 25.7 Å². The molecule has 0 heterocycles. The van der Waals surface area contributed by atoms with Crippen LogP contribution in [0.3, 0.4) is 0 Å². The molecule has 1 aromatic carbocycles. The average Bonchev–Trinajstić information content (AvgIpc) is 2.44. The minimum Gasteiger partial charge on any atom is -0.410 e. The predicted molar refractivity (Wildman–Crippen MR) is 78.9 cm³/mol. The molecule has 5 nitrogen and oxygen atoms in total. The number of carbonyl (C=O) groups excluding carboxylic acids is 2. The van der Waals surface area contributed by atoms with Gasteiger partial charge in [-0.15, -0.1) is 0 Å². The van der Waals surface area contributed by atoms with E-state index in [2.05, 4.69) is 17.6 Å². The number of anilines is 1. The van der Waals surface area contributed by atoms with Crippen molar-refractivity contribution in [1.29, 1.82) is 0 Å². The molecule has 0 atom stereocenters. The maximum absolute atomic E-state index is 11.7. The largest absolute Gasteiger partial charge is 0.412 e. The lowest BCUT2D eigenvalue weighted by atomic mass is 10.1. The van der Waals surface area contributed by atoms with Gasteiger partial charge in [0.25, 0.3) is 0 Å². The second kappa shape index (κ2) is 8.96. The smallest absolute Gasteiger partial charge is 0.410 e. The summed E-state index contributed by atoms with van der Waals surface area (Å²) in [4.78, 5) is 22.8. The summed E-state index contributed by atoms with van der Waals surface area (Å²) >= 11 is 0.